The van der Waals surface area contributed by atoms with Gasteiger partial charge in [0, 0.05) is 19.6 Å². The van der Waals surface area contributed by atoms with Crippen molar-refractivity contribution in [3.05, 3.63) is 0 Å². The van der Waals surface area contributed by atoms with Gasteiger partial charge < -0.3 is 14.2 Å². The minimum atomic E-state index is -0.128. The van der Waals surface area contributed by atoms with E-state index in [1.165, 1.54) is 13.5 Å². The van der Waals surface area contributed by atoms with Crippen LogP contribution in [0.5, 0.6) is 0 Å². The number of ether oxygens (including phenoxy) is 3. The molecule has 0 aromatic heterocycles. The predicted molar refractivity (Wildman–Crippen MR) is 60.0 cm³/mol. The van der Waals surface area contributed by atoms with Crippen molar-refractivity contribution in [1.82, 2.24) is 0 Å². The minimum Gasteiger partial charge on any atom is -0.469 e. The number of hydrogen-bond acceptors (Lipinski definition) is 4. The highest BCUT2D eigenvalue weighted by Gasteiger charge is 2.13. The van der Waals surface area contributed by atoms with E-state index in [2.05, 4.69) is 4.74 Å². The Morgan fingerprint density at radius 3 is 2.88 bits per heavy atom. The van der Waals surface area contributed by atoms with Gasteiger partial charge in [0.05, 0.1) is 7.11 Å². The highest BCUT2D eigenvalue weighted by Crippen LogP contribution is 2.14. The number of carbonyl (C=O) groups is 1. The van der Waals surface area contributed by atoms with Crippen LogP contribution in [0.4, 0.5) is 0 Å². The zero-order valence-corrected chi connectivity index (χ0v) is 10.1. The molecular weight excluding hydrogens is 208 g/mol. The van der Waals surface area contributed by atoms with Crippen LogP contribution in [0.2, 0.25) is 0 Å². The number of hydrogen-bond donors (Lipinski definition) is 0. The van der Waals surface area contributed by atoms with Crippen molar-refractivity contribution in [2.45, 2.75) is 51.2 Å². The van der Waals surface area contributed by atoms with Crippen LogP contribution in [0.3, 0.4) is 0 Å². The van der Waals surface area contributed by atoms with Crippen molar-refractivity contribution >= 4 is 5.97 Å². The molecule has 1 saturated heterocycles. The smallest absolute Gasteiger partial charge is 0.305 e. The maximum absolute atomic E-state index is 10.8. The average molecular weight is 230 g/mol. The standard InChI is InChI=1S/C12H22O4/c1-14-11(13)7-3-2-5-9-15-12-8-4-6-10-16-12/h12H,2-10H2,1H3. The number of esters is 1. The lowest BCUT2D eigenvalue weighted by molar-refractivity contribution is -0.162. The highest BCUT2D eigenvalue weighted by molar-refractivity contribution is 5.68. The SMILES string of the molecule is COC(=O)CCCCCOC1CCCCO1. The molecule has 0 aromatic rings. The van der Waals surface area contributed by atoms with Gasteiger partial charge in [-0.2, -0.15) is 0 Å². The number of carbonyl (C=O) groups excluding carboxylic acids is 1. The molecule has 1 unspecified atom stereocenters. The van der Waals surface area contributed by atoms with Crippen molar-refractivity contribution < 1.29 is 19.0 Å². The lowest BCUT2D eigenvalue weighted by atomic mass is 10.2. The van der Waals surface area contributed by atoms with Gasteiger partial charge in [-0.3, -0.25) is 4.79 Å². The van der Waals surface area contributed by atoms with E-state index in [1.54, 1.807) is 0 Å². The summed E-state index contributed by atoms with van der Waals surface area (Å²) in [6.45, 7) is 1.55. The normalized spacial score (nSPS) is 20.7. The highest BCUT2D eigenvalue weighted by atomic mass is 16.7. The molecule has 1 fully saturated rings. The molecular formula is C12H22O4. The third-order valence-corrected chi connectivity index (χ3v) is 2.69. The van der Waals surface area contributed by atoms with Gasteiger partial charge in [0.2, 0.25) is 0 Å². The van der Waals surface area contributed by atoms with Crippen LogP contribution in [0.25, 0.3) is 0 Å². The Morgan fingerprint density at radius 2 is 2.19 bits per heavy atom. The minimum absolute atomic E-state index is 0.00866. The van der Waals surface area contributed by atoms with Crippen LogP contribution in [-0.4, -0.2) is 32.6 Å². The maximum atomic E-state index is 10.8. The fourth-order valence-corrected chi connectivity index (χ4v) is 1.71. The number of methoxy groups -OCH3 is 1. The Morgan fingerprint density at radius 1 is 1.31 bits per heavy atom. The van der Waals surface area contributed by atoms with Crippen LogP contribution < -0.4 is 0 Å². The summed E-state index contributed by atoms with van der Waals surface area (Å²) in [4.78, 5) is 10.8. The molecule has 0 amide bonds. The molecule has 0 bridgehead atoms. The largest absolute Gasteiger partial charge is 0.469 e. The maximum Gasteiger partial charge on any atom is 0.305 e. The quantitative estimate of drug-likeness (QED) is 0.497. The van der Waals surface area contributed by atoms with E-state index in [0.29, 0.717) is 6.42 Å². The zero-order chi connectivity index (χ0) is 11.6. The topological polar surface area (TPSA) is 44.8 Å². The molecule has 1 aliphatic heterocycles. The van der Waals surface area contributed by atoms with Crippen molar-refractivity contribution in [3.63, 3.8) is 0 Å². The van der Waals surface area contributed by atoms with Gasteiger partial charge in [-0.05, 0) is 32.1 Å². The Labute approximate surface area is 97.2 Å². The van der Waals surface area contributed by atoms with Gasteiger partial charge in [0.15, 0.2) is 6.29 Å². The molecule has 0 N–H and O–H groups in total. The third kappa shape index (κ3) is 6.08. The monoisotopic (exact) mass is 230 g/mol. The van der Waals surface area contributed by atoms with Crippen LogP contribution in [-0.2, 0) is 19.0 Å². The van der Waals surface area contributed by atoms with E-state index in [0.717, 1.165) is 45.3 Å². The summed E-state index contributed by atoms with van der Waals surface area (Å²) in [6, 6.07) is 0. The molecule has 4 heteroatoms. The molecule has 1 heterocycles. The second kappa shape index (κ2) is 8.53. The molecule has 4 nitrogen and oxygen atoms in total. The average Bonchev–Trinajstić information content (AvgIpc) is 2.34. The van der Waals surface area contributed by atoms with E-state index >= 15 is 0 Å². The molecule has 0 radical (unpaired) electrons. The van der Waals surface area contributed by atoms with Crippen LogP contribution >= 0.6 is 0 Å². The molecule has 16 heavy (non-hydrogen) atoms. The van der Waals surface area contributed by atoms with E-state index in [1.807, 2.05) is 0 Å². The first-order valence-corrected chi connectivity index (χ1v) is 6.13. The van der Waals surface area contributed by atoms with Crippen LogP contribution in [0.1, 0.15) is 44.9 Å². The second-order valence-corrected chi connectivity index (χ2v) is 4.05. The second-order valence-electron chi connectivity index (χ2n) is 4.05. The van der Waals surface area contributed by atoms with Gasteiger partial charge in [-0.1, -0.05) is 6.42 Å². The van der Waals surface area contributed by atoms with E-state index in [9.17, 15) is 4.79 Å². The van der Waals surface area contributed by atoms with E-state index in [4.69, 9.17) is 9.47 Å². The summed E-state index contributed by atoms with van der Waals surface area (Å²) >= 11 is 0. The number of unbranched alkanes of at least 4 members (excludes halogenated alkanes) is 2. The first-order valence-electron chi connectivity index (χ1n) is 6.13. The van der Waals surface area contributed by atoms with Gasteiger partial charge in [0.25, 0.3) is 0 Å². The third-order valence-electron chi connectivity index (χ3n) is 2.69. The van der Waals surface area contributed by atoms with E-state index in [-0.39, 0.29) is 12.3 Å². The van der Waals surface area contributed by atoms with Crippen molar-refractivity contribution in [2.75, 3.05) is 20.3 Å². The fourth-order valence-electron chi connectivity index (χ4n) is 1.71. The molecule has 94 valence electrons. The first kappa shape index (κ1) is 13.5. The van der Waals surface area contributed by atoms with Gasteiger partial charge in [0.1, 0.15) is 0 Å². The lowest BCUT2D eigenvalue weighted by Crippen LogP contribution is -2.22. The molecule has 1 atom stereocenters. The Bertz CT molecular complexity index is 187. The van der Waals surface area contributed by atoms with Crippen molar-refractivity contribution in [3.8, 4) is 0 Å². The number of rotatable bonds is 7. The Kier molecular flexibility index (Phi) is 7.17. The molecule has 1 rings (SSSR count). The summed E-state index contributed by atoms with van der Waals surface area (Å²) in [7, 11) is 1.42. The van der Waals surface area contributed by atoms with Crippen molar-refractivity contribution in [2.24, 2.45) is 0 Å². The first-order chi connectivity index (χ1) is 7.83. The summed E-state index contributed by atoms with van der Waals surface area (Å²) in [5.41, 5.74) is 0. The van der Waals surface area contributed by atoms with Gasteiger partial charge in [-0.25, -0.2) is 0 Å². The Hall–Kier alpha value is -0.610. The molecule has 0 saturated carbocycles. The van der Waals surface area contributed by atoms with Gasteiger partial charge in [-0.15, -0.1) is 0 Å². The summed E-state index contributed by atoms with van der Waals surface area (Å²) in [5, 5.41) is 0. The summed E-state index contributed by atoms with van der Waals surface area (Å²) < 4.78 is 15.6. The van der Waals surface area contributed by atoms with Crippen LogP contribution in [0, 0.1) is 0 Å². The predicted octanol–water partition coefficient (Wildman–Crippen LogP) is 2.26. The van der Waals surface area contributed by atoms with E-state index < -0.39 is 0 Å². The molecule has 0 aromatic carbocycles. The lowest BCUT2D eigenvalue weighted by Gasteiger charge is -2.22. The van der Waals surface area contributed by atoms with Gasteiger partial charge >= 0.3 is 5.97 Å². The fraction of sp³-hybridized carbons (Fsp3) is 0.917. The summed E-state index contributed by atoms with van der Waals surface area (Å²) in [5.74, 6) is -0.128. The zero-order valence-electron chi connectivity index (χ0n) is 10.1. The molecule has 0 aliphatic carbocycles. The van der Waals surface area contributed by atoms with Crippen molar-refractivity contribution in [1.29, 1.82) is 0 Å². The van der Waals surface area contributed by atoms with Crippen LogP contribution in [0.15, 0.2) is 0 Å². The summed E-state index contributed by atoms with van der Waals surface area (Å²) in [6.07, 6.45) is 6.75. The molecule has 0 spiro atoms. The molecule has 1 aliphatic rings. The Balaban J connectivity index is 1.85.